The maximum atomic E-state index is 12.5. The SMILES string of the molecule is FC(F)Sc1ccccc1NC1CCCCCCC1. The number of alkyl halides is 2. The average Bonchev–Trinajstić information content (AvgIpc) is 2.34. The Balaban J connectivity index is 2.00. The predicted molar refractivity (Wildman–Crippen MR) is 78.0 cm³/mol. The van der Waals surface area contributed by atoms with Crippen LogP contribution >= 0.6 is 11.8 Å². The molecule has 1 fully saturated rings. The van der Waals surface area contributed by atoms with Crippen LogP contribution in [0.2, 0.25) is 0 Å². The molecule has 1 aliphatic carbocycles. The molecule has 19 heavy (non-hydrogen) atoms. The molecule has 1 saturated carbocycles. The Morgan fingerprint density at radius 1 is 1.00 bits per heavy atom. The second-order valence-electron chi connectivity index (χ2n) is 5.06. The fourth-order valence-electron chi connectivity index (χ4n) is 2.61. The molecule has 1 N–H and O–H groups in total. The zero-order chi connectivity index (χ0) is 13.5. The van der Waals surface area contributed by atoms with E-state index in [0.717, 1.165) is 18.5 Å². The lowest BCUT2D eigenvalue weighted by Crippen LogP contribution is -2.20. The first-order chi connectivity index (χ1) is 9.25. The van der Waals surface area contributed by atoms with Crippen molar-refractivity contribution in [3.63, 3.8) is 0 Å². The summed E-state index contributed by atoms with van der Waals surface area (Å²) in [6.45, 7) is 0. The minimum Gasteiger partial charge on any atom is -0.381 e. The molecule has 1 nitrogen and oxygen atoms in total. The zero-order valence-electron chi connectivity index (χ0n) is 11.1. The highest BCUT2D eigenvalue weighted by molar-refractivity contribution is 7.99. The van der Waals surface area contributed by atoms with Crippen LogP contribution in [-0.2, 0) is 0 Å². The third-order valence-corrected chi connectivity index (χ3v) is 4.36. The van der Waals surface area contributed by atoms with Gasteiger partial charge in [0.2, 0.25) is 0 Å². The van der Waals surface area contributed by atoms with Crippen molar-refractivity contribution in [2.75, 3.05) is 5.32 Å². The van der Waals surface area contributed by atoms with Gasteiger partial charge in [-0.2, -0.15) is 8.78 Å². The number of para-hydroxylation sites is 1. The molecule has 1 aromatic carbocycles. The van der Waals surface area contributed by atoms with Crippen molar-refractivity contribution >= 4 is 17.4 Å². The van der Waals surface area contributed by atoms with Crippen LogP contribution < -0.4 is 5.32 Å². The summed E-state index contributed by atoms with van der Waals surface area (Å²) >= 11 is 0.627. The minimum atomic E-state index is -2.36. The monoisotopic (exact) mass is 285 g/mol. The number of anilines is 1. The lowest BCUT2D eigenvalue weighted by Gasteiger charge is -2.23. The topological polar surface area (TPSA) is 12.0 Å². The molecule has 106 valence electrons. The van der Waals surface area contributed by atoms with E-state index in [9.17, 15) is 8.78 Å². The number of hydrogen-bond donors (Lipinski definition) is 1. The Hall–Kier alpha value is -0.770. The number of nitrogens with one attached hydrogen (secondary N) is 1. The number of thioether (sulfide) groups is 1. The van der Waals surface area contributed by atoms with Gasteiger partial charge in [0.15, 0.2) is 0 Å². The van der Waals surface area contributed by atoms with Crippen molar-refractivity contribution in [2.24, 2.45) is 0 Å². The molecule has 0 aromatic heterocycles. The van der Waals surface area contributed by atoms with Crippen LogP contribution in [-0.4, -0.2) is 11.8 Å². The van der Waals surface area contributed by atoms with Crippen LogP contribution in [0.5, 0.6) is 0 Å². The highest BCUT2D eigenvalue weighted by Gasteiger charge is 2.14. The molecule has 0 amide bonds. The maximum absolute atomic E-state index is 12.5. The fraction of sp³-hybridized carbons (Fsp3) is 0.600. The van der Waals surface area contributed by atoms with Gasteiger partial charge >= 0.3 is 0 Å². The maximum Gasteiger partial charge on any atom is 0.288 e. The molecule has 0 bridgehead atoms. The summed E-state index contributed by atoms with van der Waals surface area (Å²) < 4.78 is 25.1. The first kappa shape index (κ1) is 14.6. The van der Waals surface area contributed by atoms with E-state index in [1.165, 1.54) is 32.1 Å². The summed E-state index contributed by atoms with van der Waals surface area (Å²) in [5, 5.41) is 3.47. The van der Waals surface area contributed by atoms with Gasteiger partial charge < -0.3 is 5.32 Å². The van der Waals surface area contributed by atoms with E-state index in [-0.39, 0.29) is 0 Å². The van der Waals surface area contributed by atoms with Gasteiger partial charge in [-0.05, 0) is 25.0 Å². The lowest BCUT2D eigenvalue weighted by molar-refractivity contribution is 0.252. The van der Waals surface area contributed by atoms with Crippen LogP contribution in [0.3, 0.4) is 0 Å². The summed E-state index contributed by atoms with van der Waals surface area (Å²) in [5.41, 5.74) is 0.860. The largest absolute Gasteiger partial charge is 0.381 e. The van der Waals surface area contributed by atoms with Crippen molar-refractivity contribution in [3.05, 3.63) is 24.3 Å². The van der Waals surface area contributed by atoms with Gasteiger partial charge in [-0.3, -0.25) is 0 Å². The molecule has 0 spiro atoms. The third kappa shape index (κ3) is 5.01. The molecule has 0 heterocycles. The second-order valence-corrected chi connectivity index (χ2v) is 6.09. The van der Waals surface area contributed by atoms with E-state index in [2.05, 4.69) is 5.32 Å². The highest BCUT2D eigenvalue weighted by atomic mass is 32.2. The first-order valence-corrected chi connectivity index (χ1v) is 7.94. The fourth-order valence-corrected chi connectivity index (χ4v) is 3.21. The van der Waals surface area contributed by atoms with Crippen LogP contribution in [0, 0.1) is 0 Å². The number of halogens is 2. The summed E-state index contributed by atoms with van der Waals surface area (Å²) in [6, 6.07) is 7.82. The van der Waals surface area contributed by atoms with E-state index < -0.39 is 5.76 Å². The molecule has 4 heteroatoms. The van der Waals surface area contributed by atoms with Crippen LogP contribution in [0.15, 0.2) is 29.2 Å². The van der Waals surface area contributed by atoms with E-state index in [1.54, 1.807) is 6.07 Å². The van der Waals surface area contributed by atoms with Crippen molar-refractivity contribution in [2.45, 2.75) is 61.6 Å². The van der Waals surface area contributed by atoms with Gasteiger partial charge in [-0.25, -0.2) is 0 Å². The number of rotatable bonds is 4. The minimum absolute atomic E-state index is 0.430. The van der Waals surface area contributed by atoms with E-state index in [1.807, 2.05) is 18.2 Å². The molecule has 1 aromatic rings. The molecular formula is C15H21F2NS. The molecule has 0 saturated heterocycles. The summed E-state index contributed by atoms with van der Waals surface area (Å²) in [7, 11) is 0. The average molecular weight is 285 g/mol. The van der Waals surface area contributed by atoms with Crippen LogP contribution in [0.4, 0.5) is 14.5 Å². The Labute approximate surface area is 118 Å². The zero-order valence-corrected chi connectivity index (χ0v) is 11.9. The van der Waals surface area contributed by atoms with Gasteiger partial charge in [-0.1, -0.05) is 56.0 Å². The quantitative estimate of drug-likeness (QED) is 0.730. The van der Waals surface area contributed by atoms with Gasteiger partial charge in [0.05, 0.1) is 0 Å². The van der Waals surface area contributed by atoms with E-state index in [0.29, 0.717) is 22.7 Å². The molecule has 0 atom stereocenters. The summed E-state index contributed by atoms with van der Waals surface area (Å²) in [4.78, 5) is 0.652. The van der Waals surface area contributed by atoms with Gasteiger partial charge in [0.25, 0.3) is 5.76 Å². The Morgan fingerprint density at radius 3 is 2.32 bits per heavy atom. The van der Waals surface area contributed by atoms with Crippen molar-refractivity contribution in [1.29, 1.82) is 0 Å². The number of hydrogen-bond acceptors (Lipinski definition) is 2. The first-order valence-electron chi connectivity index (χ1n) is 7.06. The van der Waals surface area contributed by atoms with Crippen molar-refractivity contribution in [1.82, 2.24) is 0 Å². The molecule has 0 radical (unpaired) electrons. The predicted octanol–water partition coefficient (Wildman–Crippen LogP) is 5.53. The third-order valence-electron chi connectivity index (χ3n) is 3.57. The van der Waals surface area contributed by atoms with Crippen molar-refractivity contribution < 1.29 is 8.78 Å². The van der Waals surface area contributed by atoms with E-state index in [4.69, 9.17) is 0 Å². The molecular weight excluding hydrogens is 264 g/mol. The van der Waals surface area contributed by atoms with Gasteiger partial charge in [0, 0.05) is 16.6 Å². The number of benzene rings is 1. The van der Waals surface area contributed by atoms with Crippen molar-refractivity contribution in [3.8, 4) is 0 Å². The molecule has 2 rings (SSSR count). The highest BCUT2D eigenvalue weighted by Crippen LogP contribution is 2.33. The Morgan fingerprint density at radius 2 is 1.63 bits per heavy atom. The normalized spacial score (nSPS) is 18.1. The summed E-state index contributed by atoms with van der Waals surface area (Å²) in [5.74, 6) is -2.36. The van der Waals surface area contributed by atoms with Crippen LogP contribution in [0.1, 0.15) is 44.9 Å². The lowest BCUT2D eigenvalue weighted by atomic mass is 9.96. The molecule has 1 aliphatic rings. The van der Waals surface area contributed by atoms with E-state index >= 15 is 0 Å². The van der Waals surface area contributed by atoms with Crippen LogP contribution in [0.25, 0.3) is 0 Å². The molecule has 0 aliphatic heterocycles. The molecule has 0 unspecified atom stereocenters. The second kappa shape index (κ2) is 7.73. The van der Waals surface area contributed by atoms with Gasteiger partial charge in [-0.15, -0.1) is 0 Å². The smallest absolute Gasteiger partial charge is 0.288 e. The Bertz CT molecular complexity index is 376. The van der Waals surface area contributed by atoms with Gasteiger partial charge in [0.1, 0.15) is 0 Å². The summed E-state index contributed by atoms with van der Waals surface area (Å²) in [6.07, 6.45) is 8.70. The standard InChI is InChI=1S/C15H21F2NS/c16-15(17)19-14-11-7-6-10-13(14)18-12-8-4-2-1-3-5-9-12/h6-7,10-12,15,18H,1-5,8-9H2. The Kier molecular flexibility index (Phi) is 5.95.